The highest BCUT2D eigenvalue weighted by Gasteiger charge is 2.18. The maximum atomic E-state index is 6.14. The van der Waals surface area contributed by atoms with Gasteiger partial charge in [-0.1, -0.05) is 66.7 Å². The lowest BCUT2D eigenvalue weighted by Crippen LogP contribution is -2.12. The number of hydrogen-bond donors (Lipinski definition) is 0. The van der Waals surface area contributed by atoms with Crippen LogP contribution in [0.15, 0.2) is 96.0 Å². The monoisotopic (exact) mass is 519 g/mol. The minimum atomic E-state index is 0.470. The zero-order valence-corrected chi connectivity index (χ0v) is 22.6. The molecule has 0 bridgehead atoms. The zero-order valence-electron chi connectivity index (χ0n) is 22.6. The summed E-state index contributed by atoms with van der Waals surface area (Å²) < 4.78 is 23.6. The lowest BCUT2D eigenvalue weighted by molar-refractivity contribution is 0.284. The Morgan fingerprint density at radius 3 is 1.90 bits per heavy atom. The molecule has 0 radical (unpaired) electrons. The quantitative estimate of drug-likeness (QED) is 0.222. The zero-order chi connectivity index (χ0) is 27.0. The molecule has 0 unspecified atom stereocenters. The molecule has 5 heteroatoms. The van der Waals surface area contributed by atoms with Gasteiger partial charge in [0.05, 0.1) is 19.9 Å². The molecule has 0 spiro atoms. The van der Waals surface area contributed by atoms with Crippen molar-refractivity contribution in [2.24, 2.45) is 4.99 Å². The van der Waals surface area contributed by atoms with Gasteiger partial charge in [-0.2, -0.15) is 0 Å². The largest absolute Gasteiger partial charge is 0.493 e. The van der Waals surface area contributed by atoms with E-state index in [4.69, 9.17) is 23.9 Å². The van der Waals surface area contributed by atoms with Crippen LogP contribution in [-0.2, 0) is 19.6 Å². The lowest BCUT2D eigenvalue weighted by atomic mass is 9.95. The highest BCUT2D eigenvalue weighted by Crippen LogP contribution is 2.35. The van der Waals surface area contributed by atoms with Crippen molar-refractivity contribution in [1.82, 2.24) is 0 Å². The number of aryl methyl sites for hydroxylation is 1. The minimum Gasteiger partial charge on any atom is -0.493 e. The van der Waals surface area contributed by atoms with Crippen molar-refractivity contribution in [2.45, 2.75) is 26.6 Å². The minimum absolute atomic E-state index is 0.470. The molecular weight excluding hydrogens is 486 g/mol. The Morgan fingerprint density at radius 2 is 1.28 bits per heavy atom. The summed E-state index contributed by atoms with van der Waals surface area (Å²) in [6.07, 6.45) is 5.01. The van der Waals surface area contributed by atoms with Crippen LogP contribution in [0.25, 0.3) is 6.08 Å². The fraction of sp³-hybridized carbons (Fsp3) is 0.206. The Balaban J connectivity index is 1.37. The van der Waals surface area contributed by atoms with E-state index in [1.165, 1.54) is 5.56 Å². The molecule has 5 nitrogen and oxygen atoms in total. The van der Waals surface area contributed by atoms with E-state index in [0.717, 1.165) is 52.2 Å². The first-order valence-electron chi connectivity index (χ1n) is 13.1. The van der Waals surface area contributed by atoms with Gasteiger partial charge in [0, 0.05) is 12.1 Å². The number of hydrogen-bond acceptors (Lipinski definition) is 5. The van der Waals surface area contributed by atoms with Crippen LogP contribution in [0.4, 0.5) is 0 Å². The van der Waals surface area contributed by atoms with E-state index in [0.29, 0.717) is 30.5 Å². The van der Waals surface area contributed by atoms with Gasteiger partial charge in [0.2, 0.25) is 0 Å². The summed E-state index contributed by atoms with van der Waals surface area (Å²) >= 11 is 0. The molecule has 4 aromatic rings. The van der Waals surface area contributed by atoms with Crippen molar-refractivity contribution in [3.63, 3.8) is 0 Å². The number of rotatable bonds is 10. The molecule has 0 atom stereocenters. The van der Waals surface area contributed by atoms with E-state index < -0.39 is 0 Å². The van der Waals surface area contributed by atoms with Crippen molar-refractivity contribution >= 4 is 11.8 Å². The Labute approximate surface area is 230 Å². The summed E-state index contributed by atoms with van der Waals surface area (Å²) in [4.78, 5) is 4.82. The predicted octanol–water partition coefficient (Wildman–Crippen LogP) is 7.23. The molecular formula is C34H33NO4. The summed E-state index contributed by atoms with van der Waals surface area (Å²) in [6, 6.07) is 28.4. The van der Waals surface area contributed by atoms with Crippen LogP contribution in [0.3, 0.4) is 0 Å². The van der Waals surface area contributed by atoms with Gasteiger partial charge in [0.1, 0.15) is 13.2 Å². The second-order valence-electron chi connectivity index (χ2n) is 9.42. The second-order valence-corrected chi connectivity index (χ2v) is 9.42. The predicted molar refractivity (Wildman–Crippen MR) is 156 cm³/mol. The number of aliphatic imine (C=N–C) groups is 1. The van der Waals surface area contributed by atoms with E-state index in [9.17, 15) is 0 Å². The second kappa shape index (κ2) is 12.4. The first-order valence-corrected chi connectivity index (χ1v) is 13.1. The highest BCUT2D eigenvalue weighted by molar-refractivity contribution is 6.12. The molecule has 1 aliphatic heterocycles. The standard InChI is InChI=1S/C34H33NO4/c1-24-18-31(36-2)33(38-22-25-10-6-4-7-11-25)19-27(24)14-15-30-29-21-32(37-3)34(20-28(29)16-17-35-30)39-23-26-12-8-5-9-13-26/h4-15,18-21H,16-17,22-23H2,1-3H3/b15-14+. The number of methoxy groups -OCH3 is 2. The normalized spacial score (nSPS) is 12.5. The molecule has 0 aliphatic carbocycles. The van der Waals surface area contributed by atoms with Crippen LogP contribution in [0, 0.1) is 6.92 Å². The first-order chi connectivity index (χ1) is 19.1. The van der Waals surface area contributed by atoms with Crippen LogP contribution in [0.5, 0.6) is 23.0 Å². The van der Waals surface area contributed by atoms with Gasteiger partial charge in [-0.25, -0.2) is 0 Å². The number of fused-ring (bicyclic) bond motifs is 1. The molecule has 1 aliphatic rings. The molecule has 0 fully saturated rings. The van der Waals surface area contributed by atoms with Gasteiger partial charge < -0.3 is 18.9 Å². The van der Waals surface area contributed by atoms with E-state index in [2.05, 4.69) is 37.3 Å². The van der Waals surface area contributed by atoms with Crippen molar-refractivity contribution in [3.8, 4) is 23.0 Å². The van der Waals surface area contributed by atoms with E-state index in [-0.39, 0.29) is 0 Å². The Kier molecular flexibility index (Phi) is 8.27. The van der Waals surface area contributed by atoms with Crippen molar-refractivity contribution in [2.75, 3.05) is 20.8 Å². The third-order valence-corrected chi connectivity index (χ3v) is 6.78. The summed E-state index contributed by atoms with van der Waals surface area (Å²) in [5.41, 5.74) is 7.54. The SMILES string of the molecule is COc1cc(C)c(/C=C/C2=NCCc3cc(OCc4ccccc4)c(OC)cc32)cc1OCc1ccccc1. The Morgan fingerprint density at radius 1 is 0.692 bits per heavy atom. The van der Waals surface area contributed by atoms with Crippen molar-refractivity contribution in [3.05, 3.63) is 124 Å². The van der Waals surface area contributed by atoms with Gasteiger partial charge in [0.25, 0.3) is 0 Å². The topological polar surface area (TPSA) is 49.3 Å². The van der Waals surface area contributed by atoms with E-state index in [1.54, 1.807) is 14.2 Å². The van der Waals surface area contributed by atoms with Crippen LogP contribution < -0.4 is 18.9 Å². The molecule has 0 aromatic heterocycles. The fourth-order valence-corrected chi connectivity index (χ4v) is 4.61. The van der Waals surface area contributed by atoms with Crippen LogP contribution in [0.1, 0.15) is 33.4 Å². The summed E-state index contributed by atoms with van der Waals surface area (Å²) in [5.74, 6) is 2.87. The third-order valence-electron chi connectivity index (χ3n) is 6.78. The Bertz CT molecular complexity index is 1480. The van der Waals surface area contributed by atoms with E-state index >= 15 is 0 Å². The summed E-state index contributed by atoms with van der Waals surface area (Å²) in [6.45, 7) is 3.75. The van der Waals surface area contributed by atoms with Gasteiger partial charge in [-0.15, -0.1) is 0 Å². The van der Waals surface area contributed by atoms with E-state index in [1.807, 2.05) is 66.7 Å². The summed E-state index contributed by atoms with van der Waals surface area (Å²) in [7, 11) is 3.34. The Hall–Kier alpha value is -4.51. The number of ether oxygens (including phenoxy) is 4. The van der Waals surface area contributed by atoms with Gasteiger partial charge in [-0.05, 0) is 71.5 Å². The number of allylic oxidation sites excluding steroid dienone is 1. The molecule has 5 rings (SSSR count). The molecule has 1 heterocycles. The lowest BCUT2D eigenvalue weighted by Gasteiger charge is -2.19. The maximum absolute atomic E-state index is 6.14. The van der Waals surface area contributed by atoms with Crippen molar-refractivity contribution in [1.29, 1.82) is 0 Å². The number of benzene rings is 4. The molecule has 39 heavy (non-hydrogen) atoms. The smallest absolute Gasteiger partial charge is 0.162 e. The van der Waals surface area contributed by atoms with Crippen LogP contribution >= 0.6 is 0 Å². The average Bonchev–Trinajstić information content (AvgIpc) is 2.99. The highest BCUT2D eigenvalue weighted by atomic mass is 16.5. The first kappa shape index (κ1) is 26.1. The molecule has 198 valence electrons. The number of nitrogens with zero attached hydrogens (tertiary/aromatic N) is 1. The van der Waals surface area contributed by atoms with Crippen LogP contribution in [-0.4, -0.2) is 26.5 Å². The molecule has 0 saturated carbocycles. The van der Waals surface area contributed by atoms with Crippen molar-refractivity contribution < 1.29 is 18.9 Å². The molecule has 0 saturated heterocycles. The molecule has 0 amide bonds. The van der Waals surface area contributed by atoms with Gasteiger partial charge in [0.15, 0.2) is 23.0 Å². The van der Waals surface area contributed by atoms with Gasteiger partial charge >= 0.3 is 0 Å². The van der Waals surface area contributed by atoms with Crippen LogP contribution in [0.2, 0.25) is 0 Å². The summed E-state index contributed by atoms with van der Waals surface area (Å²) in [5, 5.41) is 0. The maximum Gasteiger partial charge on any atom is 0.162 e. The third kappa shape index (κ3) is 6.32. The molecule has 4 aromatic carbocycles. The molecule has 0 N–H and O–H groups in total. The van der Waals surface area contributed by atoms with Gasteiger partial charge in [-0.3, -0.25) is 4.99 Å². The average molecular weight is 520 g/mol. The fourth-order valence-electron chi connectivity index (χ4n) is 4.61.